The molecule has 1 N–H and O–H groups in total. The van der Waals surface area contributed by atoms with Gasteiger partial charge < -0.3 is 10.2 Å². The Morgan fingerprint density at radius 2 is 2.18 bits per heavy atom. The second-order valence-electron chi connectivity index (χ2n) is 4.80. The van der Waals surface area contributed by atoms with Crippen molar-refractivity contribution in [3.05, 3.63) is 28.8 Å². The van der Waals surface area contributed by atoms with Crippen LogP contribution >= 0.6 is 11.6 Å². The van der Waals surface area contributed by atoms with Gasteiger partial charge in [-0.3, -0.25) is 0 Å². The van der Waals surface area contributed by atoms with Gasteiger partial charge >= 0.3 is 0 Å². The van der Waals surface area contributed by atoms with E-state index in [-0.39, 0.29) is 0 Å². The van der Waals surface area contributed by atoms with Gasteiger partial charge in [0, 0.05) is 19.6 Å². The molecule has 1 aliphatic carbocycles. The molecule has 0 heterocycles. The summed E-state index contributed by atoms with van der Waals surface area (Å²) in [5, 5.41) is 4.26. The van der Waals surface area contributed by atoms with E-state index in [0.29, 0.717) is 6.04 Å². The Bertz CT molecular complexity index is 374. The molecule has 0 aliphatic heterocycles. The van der Waals surface area contributed by atoms with Gasteiger partial charge in [0.15, 0.2) is 0 Å². The summed E-state index contributed by atoms with van der Waals surface area (Å²) in [5.74, 6) is 0. The van der Waals surface area contributed by atoms with Crippen LogP contribution in [-0.4, -0.2) is 19.6 Å². The fraction of sp³-hybridized carbons (Fsp3) is 0.571. The van der Waals surface area contributed by atoms with Crippen LogP contribution in [0.1, 0.15) is 31.7 Å². The number of nitrogens with zero attached hydrogens (tertiary/aromatic N) is 1. The summed E-state index contributed by atoms with van der Waals surface area (Å²) in [4.78, 5) is 2.30. The average Bonchev–Trinajstić information content (AvgIpc) is 3.13. The lowest BCUT2D eigenvalue weighted by atomic mass is 10.2. The molecule has 0 radical (unpaired) electrons. The Morgan fingerprint density at radius 3 is 2.76 bits per heavy atom. The summed E-state index contributed by atoms with van der Waals surface area (Å²) in [6, 6.07) is 7.10. The van der Waals surface area contributed by atoms with Gasteiger partial charge in [-0.05, 0) is 43.5 Å². The van der Waals surface area contributed by atoms with E-state index in [0.717, 1.165) is 30.2 Å². The molecular weight excluding hydrogens is 232 g/mol. The van der Waals surface area contributed by atoms with Gasteiger partial charge in [-0.15, -0.1) is 0 Å². The van der Waals surface area contributed by atoms with Crippen molar-refractivity contribution in [2.24, 2.45) is 0 Å². The van der Waals surface area contributed by atoms with Gasteiger partial charge in [0.2, 0.25) is 0 Å². The number of hydrogen-bond donors (Lipinski definition) is 1. The van der Waals surface area contributed by atoms with Gasteiger partial charge in [-0.1, -0.05) is 24.6 Å². The predicted octanol–water partition coefficient (Wildman–Crippen LogP) is 3.44. The van der Waals surface area contributed by atoms with Gasteiger partial charge in [0.1, 0.15) is 0 Å². The molecule has 0 atom stereocenters. The Balaban J connectivity index is 2.00. The predicted molar refractivity (Wildman–Crippen MR) is 74.9 cm³/mol. The Kier molecular flexibility index (Phi) is 4.30. The smallest absolute Gasteiger partial charge is 0.0642 e. The fourth-order valence-electron chi connectivity index (χ4n) is 2.01. The largest absolute Gasteiger partial charge is 0.370 e. The third-order valence-corrected chi connectivity index (χ3v) is 3.55. The van der Waals surface area contributed by atoms with Crippen molar-refractivity contribution in [3.8, 4) is 0 Å². The van der Waals surface area contributed by atoms with E-state index in [2.05, 4.69) is 42.4 Å². The van der Waals surface area contributed by atoms with E-state index >= 15 is 0 Å². The first-order valence-corrected chi connectivity index (χ1v) is 6.82. The van der Waals surface area contributed by atoms with Crippen LogP contribution in [0.5, 0.6) is 0 Å². The maximum atomic E-state index is 6.34. The third kappa shape index (κ3) is 3.36. The molecule has 2 nitrogen and oxygen atoms in total. The molecule has 94 valence electrons. The lowest BCUT2D eigenvalue weighted by Gasteiger charge is -2.20. The minimum absolute atomic E-state index is 0.705. The number of benzene rings is 1. The topological polar surface area (TPSA) is 15.3 Å². The first-order chi connectivity index (χ1) is 8.22. The molecule has 0 unspecified atom stereocenters. The number of rotatable bonds is 6. The highest BCUT2D eigenvalue weighted by atomic mass is 35.5. The number of halogens is 1. The summed E-state index contributed by atoms with van der Waals surface area (Å²) >= 11 is 6.34. The Morgan fingerprint density at radius 1 is 1.41 bits per heavy atom. The number of anilines is 1. The summed E-state index contributed by atoms with van der Waals surface area (Å²) in [6.45, 7) is 4.13. The first-order valence-electron chi connectivity index (χ1n) is 6.44. The zero-order chi connectivity index (χ0) is 12.3. The minimum atomic E-state index is 0.705. The highest BCUT2D eigenvalue weighted by molar-refractivity contribution is 6.33. The van der Waals surface area contributed by atoms with Crippen LogP contribution in [0.4, 0.5) is 5.69 Å². The van der Waals surface area contributed by atoms with E-state index in [1.807, 2.05) is 0 Å². The summed E-state index contributed by atoms with van der Waals surface area (Å²) < 4.78 is 0. The molecule has 1 aromatic carbocycles. The van der Waals surface area contributed by atoms with Crippen molar-refractivity contribution in [1.82, 2.24) is 5.32 Å². The van der Waals surface area contributed by atoms with Crippen LogP contribution in [-0.2, 0) is 6.54 Å². The maximum Gasteiger partial charge on any atom is 0.0642 e. The van der Waals surface area contributed by atoms with Crippen LogP contribution in [0.15, 0.2) is 18.2 Å². The van der Waals surface area contributed by atoms with Crippen molar-refractivity contribution >= 4 is 17.3 Å². The second kappa shape index (κ2) is 5.74. The molecule has 0 amide bonds. The van der Waals surface area contributed by atoms with Gasteiger partial charge in [-0.2, -0.15) is 0 Å². The van der Waals surface area contributed by atoms with Gasteiger partial charge in [0.25, 0.3) is 0 Å². The lowest BCUT2D eigenvalue weighted by Crippen LogP contribution is -2.20. The molecule has 1 aliphatic rings. The van der Waals surface area contributed by atoms with Gasteiger partial charge in [0.05, 0.1) is 10.7 Å². The van der Waals surface area contributed by atoms with Crippen molar-refractivity contribution in [2.45, 2.75) is 38.8 Å². The second-order valence-corrected chi connectivity index (χ2v) is 5.21. The van der Waals surface area contributed by atoms with E-state index in [9.17, 15) is 0 Å². The van der Waals surface area contributed by atoms with Crippen molar-refractivity contribution in [2.75, 3.05) is 18.5 Å². The first kappa shape index (κ1) is 12.7. The Labute approximate surface area is 109 Å². The monoisotopic (exact) mass is 252 g/mol. The van der Waals surface area contributed by atoms with E-state index in [1.54, 1.807) is 0 Å². The maximum absolute atomic E-state index is 6.34. The van der Waals surface area contributed by atoms with Gasteiger partial charge in [-0.25, -0.2) is 0 Å². The molecule has 0 spiro atoms. The molecule has 0 saturated heterocycles. The SMILES string of the molecule is CCCNCc1ccc(N(C)C2CC2)c(Cl)c1. The van der Waals surface area contributed by atoms with E-state index in [4.69, 9.17) is 11.6 Å². The van der Waals surface area contributed by atoms with Crippen LogP contribution < -0.4 is 10.2 Å². The van der Waals surface area contributed by atoms with Crippen LogP contribution in [0.25, 0.3) is 0 Å². The molecule has 0 bridgehead atoms. The lowest BCUT2D eigenvalue weighted by molar-refractivity contribution is 0.675. The molecular formula is C14H21ClN2. The van der Waals surface area contributed by atoms with Crippen LogP contribution in [0.2, 0.25) is 5.02 Å². The molecule has 1 fully saturated rings. The molecule has 0 aromatic heterocycles. The molecule has 1 aromatic rings. The Hall–Kier alpha value is -0.730. The van der Waals surface area contributed by atoms with Crippen LogP contribution in [0, 0.1) is 0 Å². The van der Waals surface area contributed by atoms with Crippen LogP contribution in [0.3, 0.4) is 0 Å². The van der Waals surface area contributed by atoms with E-state index in [1.165, 1.54) is 18.4 Å². The molecule has 17 heavy (non-hydrogen) atoms. The minimum Gasteiger partial charge on any atom is -0.370 e. The van der Waals surface area contributed by atoms with Crippen molar-refractivity contribution in [1.29, 1.82) is 0 Å². The number of hydrogen-bond acceptors (Lipinski definition) is 2. The molecule has 1 saturated carbocycles. The highest BCUT2D eigenvalue weighted by Gasteiger charge is 2.27. The fourth-order valence-corrected chi connectivity index (χ4v) is 2.35. The van der Waals surface area contributed by atoms with Crippen molar-refractivity contribution < 1.29 is 0 Å². The quantitative estimate of drug-likeness (QED) is 0.781. The normalized spacial score (nSPS) is 15.0. The van der Waals surface area contributed by atoms with Crippen molar-refractivity contribution in [3.63, 3.8) is 0 Å². The summed E-state index contributed by atoms with van der Waals surface area (Å²) in [5.41, 5.74) is 2.42. The summed E-state index contributed by atoms with van der Waals surface area (Å²) in [7, 11) is 2.13. The zero-order valence-corrected chi connectivity index (χ0v) is 11.4. The molecule has 2 rings (SSSR count). The molecule has 3 heteroatoms. The number of nitrogens with one attached hydrogen (secondary N) is 1. The highest BCUT2D eigenvalue weighted by Crippen LogP contribution is 2.34. The third-order valence-electron chi connectivity index (χ3n) is 3.24. The zero-order valence-electron chi connectivity index (χ0n) is 10.7. The average molecular weight is 253 g/mol. The van der Waals surface area contributed by atoms with E-state index < -0.39 is 0 Å². The summed E-state index contributed by atoms with van der Waals surface area (Å²) in [6.07, 6.45) is 3.76. The standard InChI is InChI=1S/C14H21ClN2/c1-3-8-16-10-11-4-7-14(13(15)9-11)17(2)12-5-6-12/h4,7,9,12,16H,3,5-6,8,10H2,1-2H3.